The minimum atomic E-state index is 0.248. The van der Waals surface area contributed by atoms with Gasteiger partial charge in [0.15, 0.2) is 5.78 Å². The van der Waals surface area contributed by atoms with Crippen LogP contribution in [-0.2, 0) is 6.42 Å². The van der Waals surface area contributed by atoms with Crippen LogP contribution in [-0.4, -0.2) is 102 Å². The van der Waals surface area contributed by atoms with Crippen LogP contribution < -0.4 is 15.0 Å². The van der Waals surface area contributed by atoms with Crippen molar-refractivity contribution in [3.8, 4) is 5.75 Å². The number of benzene rings is 1. The van der Waals surface area contributed by atoms with Crippen LogP contribution in [0.4, 0.5) is 5.69 Å². The largest absolute Gasteiger partial charge is 0.495 e. The van der Waals surface area contributed by atoms with Gasteiger partial charge in [-0.2, -0.15) is 0 Å². The summed E-state index contributed by atoms with van der Waals surface area (Å²) in [7, 11) is 8.99. The number of hydrogen-bond donors (Lipinski definition) is 2. The van der Waals surface area contributed by atoms with Crippen molar-refractivity contribution in [2.24, 2.45) is 0 Å². The molecule has 0 unspecified atom stereocenters. The number of carbonyl (C=O) groups excluding carboxylic acids is 1. The van der Waals surface area contributed by atoms with E-state index in [0.29, 0.717) is 6.42 Å². The number of Topliss-reactive ketones (excluding diaryl/α,β-unsaturated/α-hetero) is 1. The third kappa shape index (κ3) is 16.3. The molecule has 2 N–H and O–H groups in total. The van der Waals surface area contributed by atoms with Gasteiger partial charge in [-0.25, -0.2) is 0 Å². The fourth-order valence-electron chi connectivity index (χ4n) is 3.53. The number of anilines is 1. The lowest BCUT2D eigenvalue weighted by Crippen LogP contribution is -2.44. The van der Waals surface area contributed by atoms with Crippen molar-refractivity contribution in [3.05, 3.63) is 48.1 Å². The lowest BCUT2D eigenvalue weighted by Gasteiger charge is -2.35. The summed E-state index contributed by atoms with van der Waals surface area (Å²) in [5, 5.41) is 10.2. The maximum atomic E-state index is 11.8. The number of aliphatic hydroxyl groups excluding tert-OH is 1. The van der Waals surface area contributed by atoms with Gasteiger partial charge in [0, 0.05) is 58.4 Å². The fourth-order valence-corrected chi connectivity index (χ4v) is 3.53. The zero-order valence-electron chi connectivity index (χ0n) is 25.3. The molecule has 0 atom stereocenters. The van der Waals surface area contributed by atoms with Gasteiger partial charge in [0.25, 0.3) is 0 Å². The number of nitrogens with zero attached hydrogens (tertiary/aromatic N) is 3. The standard InChI is InChI=1S/C15H20N2O2.C6H16N2.C5H8.C3H8.CH4O/c1-16-5-7-17(8-6-16)13-9-11-3-4-14(18)12(11)10-15(13)19-2;1-4-7-5-6-8(2)3;1-3-5-4-2;1-3-2;1-2/h9-10H,3-8H2,1-2H3;7H,4-6H2,1-3H3;3-5H,1H2,2H3;3H2,1-2H3;2H,1H3/b;;5-4-;;. The summed E-state index contributed by atoms with van der Waals surface area (Å²) in [4.78, 5) is 18.7. The van der Waals surface area contributed by atoms with Gasteiger partial charge in [-0.15, -0.1) is 0 Å². The first-order valence-electron chi connectivity index (χ1n) is 13.5. The molecule has 0 saturated carbocycles. The van der Waals surface area contributed by atoms with Crippen LogP contribution in [0.2, 0.25) is 0 Å². The van der Waals surface area contributed by atoms with Crippen molar-refractivity contribution < 1.29 is 14.6 Å². The minimum Gasteiger partial charge on any atom is -0.495 e. The average molecular weight is 521 g/mol. The van der Waals surface area contributed by atoms with Crippen LogP contribution >= 0.6 is 0 Å². The van der Waals surface area contributed by atoms with E-state index in [1.54, 1.807) is 13.2 Å². The Balaban J connectivity index is 0. The van der Waals surface area contributed by atoms with Gasteiger partial charge < -0.3 is 29.9 Å². The second kappa shape index (κ2) is 24.2. The summed E-state index contributed by atoms with van der Waals surface area (Å²) >= 11 is 0. The molecule has 37 heavy (non-hydrogen) atoms. The van der Waals surface area contributed by atoms with Crippen molar-refractivity contribution >= 4 is 11.5 Å². The van der Waals surface area contributed by atoms with E-state index in [1.165, 1.54) is 12.0 Å². The fraction of sp³-hybridized carbons (Fsp3) is 0.633. The topological polar surface area (TPSA) is 68.3 Å². The smallest absolute Gasteiger partial charge is 0.163 e. The molecule has 0 bridgehead atoms. The molecule has 0 spiro atoms. The van der Waals surface area contributed by atoms with E-state index in [1.807, 2.05) is 25.1 Å². The van der Waals surface area contributed by atoms with Gasteiger partial charge in [-0.1, -0.05) is 52.0 Å². The quantitative estimate of drug-likeness (QED) is 0.405. The predicted molar refractivity (Wildman–Crippen MR) is 162 cm³/mol. The molecule has 1 fully saturated rings. The maximum Gasteiger partial charge on any atom is 0.163 e. The van der Waals surface area contributed by atoms with E-state index >= 15 is 0 Å². The number of aryl methyl sites for hydroxylation is 1. The highest BCUT2D eigenvalue weighted by Gasteiger charge is 2.25. The van der Waals surface area contributed by atoms with Crippen LogP contribution in [0.25, 0.3) is 0 Å². The number of hydrogen-bond acceptors (Lipinski definition) is 7. The molecule has 7 heteroatoms. The van der Waals surface area contributed by atoms with Gasteiger partial charge in [-0.3, -0.25) is 4.79 Å². The molecule has 2 aliphatic rings. The van der Waals surface area contributed by atoms with E-state index in [2.05, 4.69) is 74.6 Å². The molecule has 1 aliphatic carbocycles. The normalized spacial score (nSPS) is 14.2. The van der Waals surface area contributed by atoms with Gasteiger partial charge in [0.05, 0.1) is 12.8 Å². The van der Waals surface area contributed by atoms with E-state index in [9.17, 15) is 4.79 Å². The molecule has 7 nitrogen and oxygen atoms in total. The number of rotatable bonds is 7. The summed E-state index contributed by atoms with van der Waals surface area (Å²) in [6.07, 6.45) is 8.34. The Bertz CT molecular complexity index is 743. The Morgan fingerprint density at radius 3 is 2.14 bits per heavy atom. The first-order chi connectivity index (χ1) is 17.8. The number of allylic oxidation sites excluding steroid dienone is 3. The average Bonchev–Trinajstić information content (AvgIpc) is 3.26. The van der Waals surface area contributed by atoms with E-state index in [-0.39, 0.29) is 5.78 Å². The molecule has 0 aromatic heterocycles. The summed E-state index contributed by atoms with van der Waals surface area (Å²) in [5.74, 6) is 1.08. The molecule has 1 heterocycles. The van der Waals surface area contributed by atoms with Crippen molar-refractivity contribution in [1.82, 2.24) is 15.1 Å². The Morgan fingerprint density at radius 2 is 1.70 bits per heavy atom. The molecule has 1 aromatic carbocycles. The first kappa shape index (κ1) is 37.0. The van der Waals surface area contributed by atoms with Crippen molar-refractivity contribution in [2.45, 2.75) is 47.0 Å². The summed E-state index contributed by atoms with van der Waals surface area (Å²) in [6, 6.07) is 4.09. The second-order valence-corrected chi connectivity index (χ2v) is 9.02. The van der Waals surface area contributed by atoms with Crippen LogP contribution in [0.15, 0.2) is 36.9 Å². The number of methoxy groups -OCH3 is 1. The molecule has 0 radical (unpaired) electrons. The van der Waals surface area contributed by atoms with Crippen molar-refractivity contribution in [1.29, 1.82) is 0 Å². The summed E-state index contributed by atoms with van der Waals surface area (Å²) < 4.78 is 5.49. The predicted octanol–water partition coefficient (Wildman–Crippen LogP) is 4.51. The van der Waals surface area contributed by atoms with Crippen LogP contribution in [0, 0.1) is 0 Å². The SMILES string of the molecule is C=C/C=C\C.CCC.CCNCCN(C)C.CO.COc1cc2c(cc1N1CCN(C)CC1)CCC2=O. The molecule has 1 aliphatic heterocycles. The second-order valence-electron chi connectivity index (χ2n) is 9.02. The zero-order chi connectivity index (χ0) is 28.6. The number of nitrogens with one attached hydrogen (secondary N) is 1. The number of aliphatic hydroxyl groups is 1. The molecule has 214 valence electrons. The van der Waals surface area contributed by atoms with Gasteiger partial charge >= 0.3 is 0 Å². The monoisotopic (exact) mass is 520 g/mol. The number of ketones is 1. The highest BCUT2D eigenvalue weighted by Crippen LogP contribution is 2.35. The van der Waals surface area contributed by atoms with Crippen LogP contribution in [0.1, 0.15) is 56.5 Å². The Morgan fingerprint density at radius 1 is 1.11 bits per heavy atom. The van der Waals surface area contributed by atoms with Crippen LogP contribution in [0.3, 0.4) is 0 Å². The summed E-state index contributed by atoms with van der Waals surface area (Å²) in [6.45, 7) is 19.3. The number of carbonyl (C=O) groups is 1. The minimum absolute atomic E-state index is 0.248. The highest BCUT2D eigenvalue weighted by atomic mass is 16.5. The first-order valence-corrected chi connectivity index (χ1v) is 13.5. The molecular weight excluding hydrogens is 464 g/mol. The third-order valence-electron chi connectivity index (χ3n) is 5.48. The molecule has 0 amide bonds. The highest BCUT2D eigenvalue weighted by molar-refractivity contribution is 6.01. The molecule has 1 aromatic rings. The molecular formula is C30H56N4O3. The van der Waals surface area contributed by atoms with E-state index in [4.69, 9.17) is 9.84 Å². The molecule has 3 rings (SSSR count). The molecule has 1 saturated heterocycles. The third-order valence-corrected chi connectivity index (χ3v) is 5.48. The van der Waals surface area contributed by atoms with Gasteiger partial charge in [-0.05, 0) is 58.7 Å². The summed E-state index contributed by atoms with van der Waals surface area (Å²) in [5.41, 5.74) is 3.18. The lowest BCUT2D eigenvalue weighted by molar-refractivity contribution is 0.0994. The van der Waals surface area contributed by atoms with Crippen molar-refractivity contribution in [3.63, 3.8) is 0 Å². The Kier molecular flexibility index (Phi) is 24.1. The van der Waals surface area contributed by atoms with Gasteiger partial charge in [0.1, 0.15) is 5.75 Å². The van der Waals surface area contributed by atoms with E-state index in [0.717, 1.165) is 76.3 Å². The lowest BCUT2D eigenvalue weighted by atomic mass is 10.1. The van der Waals surface area contributed by atoms with Gasteiger partial charge in [0.2, 0.25) is 0 Å². The number of piperazine rings is 1. The van der Waals surface area contributed by atoms with Crippen molar-refractivity contribution in [2.75, 3.05) is 86.1 Å². The zero-order valence-corrected chi connectivity index (χ0v) is 25.3. The Hall–Kier alpha value is -2.19. The number of fused-ring (bicyclic) bond motifs is 1. The van der Waals surface area contributed by atoms with Crippen LogP contribution in [0.5, 0.6) is 5.75 Å². The maximum absolute atomic E-state index is 11.8. The number of likely N-dealkylation sites (N-methyl/N-ethyl adjacent to an activating group) is 3. The number of ether oxygens (including phenoxy) is 1. The van der Waals surface area contributed by atoms with E-state index < -0.39 is 0 Å². The Labute approximate surface area is 228 Å².